The van der Waals surface area contributed by atoms with Gasteiger partial charge in [0.15, 0.2) is 6.10 Å². The number of hydrogen-bond donors (Lipinski definition) is 0. The zero-order valence-corrected chi connectivity index (χ0v) is 38.8. The highest BCUT2D eigenvalue weighted by Crippen LogP contribution is 2.17. The van der Waals surface area contributed by atoms with Gasteiger partial charge < -0.3 is 14.2 Å². The van der Waals surface area contributed by atoms with Crippen LogP contribution in [-0.2, 0) is 28.6 Å². The Balaban J connectivity index is 4.31. The van der Waals surface area contributed by atoms with Gasteiger partial charge in [-0.15, -0.1) is 0 Å². The van der Waals surface area contributed by atoms with Crippen LogP contribution in [0.25, 0.3) is 0 Å². The fraction of sp³-hybridized carbons (Fsp3) is 0.941. The smallest absolute Gasteiger partial charge is 0.306 e. The first-order chi connectivity index (χ1) is 27.9. The van der Waals surface area contributed by atoms with Crippen LogP contribution in [0.15, 0.2) is 0 Å². The molecule has 0 aliphatic carbocycles. The molecule has 0 heterocycles. The van der Waals surface area contributed by atoms with Crippen LogP contribution in [0.5, 0.6) is 0 Å². The molecule has 0 aliphatic rings. The maximum atomic E-state index is 12.7. The summed E-state index contributed by atoms with van der Waals surface area (Å²) < 4.78 is 16.8. The second-order valence-electron chi connectivity index (χ2n) is 17.9. The van der Waals surface area contributed by atoms with Crippen molar-refractivity contribution in [2.24, 2.45) is 5.92 Å². The summed E-state index contributed by atoms with van der Waals surface area (Å²) in [6.45, 7) is 9.01. The summed E-state index contributed by atoms with van der Waals surface area (Å²) in [7, 11) is 0. The van der Waals surface area contributed by atoms with E-state index in [0.717, 1.165) is 63.7 Å². The lowest BCUT2D eigenvalue weighted by atomic mass is 10.0. The van der Waals surface area contributed by atoms with Gasteiger partial charge in [0.25, 0.3) is 0 Å². The zero-order valence-electron chi connectivity index (χ0n) is 38.8. The van der Waals surface area contributed by atoms with Gasteiger partial charge in [0.2, 0.25) is 0 Å². The summed E-state index contributed by atoms with van der Waals surface area (Å²) in [5, 5.41) is 0. The van der Waals surface area contributed by atoms with Gasteiger partial charge >= 0.3 is 17.9 Å². The Morgan fingerprint density at radius 2 is 0.579 bits per heavy atom. The molecule has 0 aliphatic heterocycles. The standard InChI is InChI=1S/C51H98O6/c1-5-7-9-11-13-15-17-19-23-26-30-34-38-42-49(52)55-45-48(57-51(54)44-40-36-32-28-22-18-16-14-12-10-8-6-2)46-56-50(53)43-39-35-31-27-24-20-21-25-29-33-37-41-47(3)4/h47-48H,5-46H2,1-4H3/t48-/m1/s1. The van der Waals surface area contributed by atoms with Crippen LogP contribution in [0.3, 0.4) is 0 Å². The highest BCUT2D eigenvalue weighted by Gasteiger charge is 2.19. The number of esters is 3. The van der Waals surface area contributed by atoms with Crippen molar-refractivity contribution in [3.63, 3.8) is 0 Å². The molecular weight excluding hydrogens is 709 g/mol. The maximum absolute atomic E-state index is 12.7. The third-order valence-corrected chi connectivity index (χ3v) is 11.5. The first-order valence-corrected chi connectivity index (χ1v) is 25.4. The van der Waals surface area contributed by atoms with Gasteiger partial charge in [-0.05, 0) is 25.2 Å². The Labute approximate surface area is 355 Å². The first-order valence-electron chi connectivity index (χ1n) is 25.4. The van der Waals surface area contributed by atoms with Crippen LogP contribution in [0.2, 0.25) is 0 Å². The molecule has 57 heavy (non-hydrogen) atoms. The number of carbonyl (C=O) groups excluding carboxylic acids is 3. The van der Waals surface area contributed by atoms with Crippen molar-refractivity contribution < 1.29 is 28.6 Å². The van der Waals surface area contributed by atoms with Gasteiger partial charge in [-0.1, -0.05) is 246 Å². The molecule has 338 valence electrons. The maximum Gasteiger partial charge on any atom is 0.306 e. The van der Waals surface area contributed by atoms with Gasteiger partial charge in [-0.25, -0.2) is 0 Å². The minimum absolute atomic E-state index is 0.0628. The monoisotopic (exact) mass is 807 g/mol. The Morgan fingerprint density at radius 1 is 0.333 bits per heavy atom. The lowest BCUT2D eigenvalue weighted by Gasteiger charge is -2.18. The SMILES string of the molecule is CCCCCCCCCCCCCCCC(=O)OC[C@H](COC(=O)CCCCCCCCCCCCCC(C)C)OC(=O)CCCCCCCCCCCCCC. The average molecular weight is 807 g/mol. The predicted octanol–water partition coefficient (Wildman–Crippen LogP) is 16.3. The van der Waals surface area contributed by atoms with Crippen molar-refractivity contribution in [3.8, 4) is 0 Å². The summed E-state index contributed by atoms with van der Waals surface area (Å²) in [4.78, 5) is 37.9. The molecule has 1 atom stereocenters. The van der Waals surface area contributed by atoms with Crippen molar-refractivity contribution >= 4 is 17.9 Å². The molecule has 0 unspecified atom stereocenters. The minimum atomic E-state index is -0.760. The molecular formula is C51H98O6. The van der Waals surface area contributed by atoms with E-state index in [1.165, 1.54) is 180 Å². The van der Waals surface area contributed by atoms with Crippen LogP contribution in [0.4, 0.5) is 0 Å². The van der Waals surface area contributed by atoms with E-state index in [-0.39, 0.29) is 31.1 Å². The van der Waals surface area contributed by atoms with Gasteiger partial charge in [-0.3, -0.25) is 14.4 Å². The molecule has 0 saturated heterocycles. The third-order valence-electron chi connectivity index (χ3n) is 11.5. The van der Waals surface area contributed by atoms with Crippen LogP contribution in [-0.4, -0.2) is 37.2 Å². The Morgan fingerprint density at radius 3 is 0.860 bits per heavy atom. The fourth-order valence-electron chi connectivity index (χ4n) is 7.69. The number of rotatable bonds is 46. The highest BCUT2D eigenvalue weighted by atomic mass is 16.6. The van der Waals surface area contributed by atoms with E-state index in [4.69, 9.17) is 14.2 Å². The molecule has 0 aromatic carbocycles. The number of carbonyl (C=O) groups is 3. The van der Waals surface area contributed by atoms with Gasteiger partial charge in [0.1, 0.15) is 13.2 Å². The largest absolute Gasteiger partial charge is 0.462 e. The predicted molar refractivity (Wildman–Crippen MR) is 243 cm³/mol. The third kappa shape index (κ3) is 45.3. The summed E-state index contributed by atoms with van der Waals surface area (Å²) in [6, 6.07) is 0. The van der Waals surface area contributed by atoms with Crippen LogP contribution in [0.1, 0.15) is 285 Å². The van der Waals surface area contributed by atoms with Crippen molar-refractivity contribution in [3.05, 3.63) is 0 Å². The molecule has 0 saturated carbocycles. The van der Waals surface area contributed by atoms with Gasteiger partial charge in [0.05, 0.1) is 0 Å². The van der Waals surface area contributed by atoms with E-state index in [1.807, 2.05) is 0 Å². The van der Waals surface area contributed by atoms with Gasteiger partial charge in [0, 0.05) is 19.3 Å². The van der Waals surface area contributed by atoms with E-state index in [1.54, 1.807) is 0 Å². The Kier molecular flexibility index (Phi) is 44.2. The van der Waals surface area contributed by atoms with Gasteiger partial charge in [-0.2, -0.15) is 0 Å². The normalized spacial score (nSPS) is 11.9. The minimum Gasteiger partial charge on any atom is -0.462 e. The van der Waals surface area contributed by atoms with Crippen molar-refractivity contribution in [2.75, 3.05) is 13.2 Å². The van der Waals surface area contributed by atoms with E-state index in [0.29, 0.717) is 19.3 Å². The fourth-order valence-corrected chi connectivity index (χ4v) is 7.69. The molecule has 6 heteroatoms. The zero-order chi connectivity index (χ0) is 41.7. The van der Waals surface area contributed by atoms with Crippen LogP contribution in [0, 0.1) is 5.92 Å². The van der Waals surface area contributed by atoms with Crippen molar-refractivity contribution in [1.29, 1.82) is 0 Å². The molecule has 0 rings (SSSR count). The Bertz CT molecular complexity index is 857. The molecule has 0 fully saturated rings. The molecule has 0 spiro atoms. The summed E-state index contributed by atoms with van der Waals surface area (Å²) in [6.07, 6.45) is 46.5. The number of hydrogen-bond acceptors (Lipinski definition) is 6. The Hall–Kier alpha value is -1.59. The number of unbranched alkanes of at least 4 members (excludes halogenated alkanes) is 33. The van der Waals surface area contributed by atoms with Crippen LogP contribution >= 0.6 is 0 Å². The van der Waals surface area contributed by atoms with E-state index >= 15 is 0 Å². The molecule has 0 bridgehead atoms. The molecule has 6 nitrogen and oxygen atoms in total. The van der Waals surface area contributed by atoms with Crippen molar-refractivity contribution in [1.82, 2.24) is 0 Å². The molecule has 0 radical (unpaired) electrons. The second-order valence-corrected chi connectivity index (χ2v) is 17.9. The first kappa shape index (κ1) is 55.4. The second kappa shape index (κ2) is 45.5. The summed E-state index contributed by atoms with van der Waals surface area (Å²) in [5.74, 6) is -0.0188. The van der Waals surface area contributed by atoms with E-state index in [2.05, 4.69) is 27.7 Å². The topological polar surface area (TPSA) is 78.9 Å². The molecule has 0 aromatic rings. The van der Waals surface area contributed by atoms with E-state index in [9.17, 15) is 14.4 Å². The summed E-state index contributed by atoms with van der Waals surface area (Å²) >= 11 is 0. The molecule has 0 amide bonds. The molecule has 0 N–H and O–H groups in total. The molecule has 0 aromatic heterocycles. The lowest BCUT2D eigenvalue weighted by Crippen LogP contribution is -2.30. The number of ether oxygens (including phenoxy) is 3. The highest BCUT2D eigenvalue weighted by molar-refractivity contribution is 5.71. The average Bonchev–Trinajstić information content (AvgIpc) is 3.19. The summed E-state index contributed by atoms with van der Waals surface area (Å²) in [5.41, 5.74) is 0. The van der Waals surface area contributed by atoms with E-state index < -0.39 is 6.10 Å². The van der Waals surface area contributed by atoms with Crippen molar-refractivity contribution in [2.45, 2.75) is 291 Å². The lowest BCUT2D eigenvalue weighted by molar-refractivity contribution is -0.167. The quantitative estimate of drug-likeness (QED) is 0.0346. The van der Waals surface area contributed by atoms with Crippen LogP contribution < -0.4 is 0 Å².